The third-order valence-electron chi connectivity index (χ3n) is 0.335. The van der Waals surface area contributed by atoms with Gasteiger partial charge in [0.15, 0.2) is 0 Å². The Balaban J connectivity index is 0. The molecule has 0 aliphatic heterocycles. The number of rotatable bonds is 0. The SMILES string of the molecule is CC(C)(C)N=N.[NaH]. The van der Waals surface area contributed by atoms with E-state index in [-0.39, 0.29) is 35.1 Å². The molecule has 38 valence electrons. The average molecular weight is 110 g/mol. The van der Waals surface area contributed by atoms with Crippen LogP contribution in [0.5, 0.6) is 0 Å². The van der Waals surface area contributed by atoms with E-state index < -0.39 is 0 Å². The van der Waals surface area contributed by atoms with Crippen molar-refractivity contribution in [2.75, 3.05) is 0 Å². The summed E-state index contributed by atoms with van der Waals surface area (Å²) in [7, 11) is 0. The summed E-state index contributed by atoms with van der Waals surface area (Å²) in [5, 5.41) is 3.27. The Morgan fingerprint density at radius 3 is 1.43 bits per heavy atom. The zero-order chi connectivity index (χ0) is 5.21. The topological polar surface area (TPSA) is 36.2 Å². The summed E-state index contributed by atoms with van der Waals surface area (Å²) in [6, 6.07) is 0. The fourth-order valence-corrected chi connectivity index (χ4v) is 0. The van der Waals surface area contributed by atoms with Crippen LogP contribution in [0.2, 0.25) is 0 Å². The van der Waals surface area contributed by atoms with E-state index in [9.17, 15) is 0 Å². The minimum absolute atomic E-state index is 0. The summed E-state index contributed by atoms with van der Waals surface area (Å²) in [6.45, 7) is 5.67. The van der Waals surface area contributed by atoms with Gasteiger partial charge in [-0.15, -0.1) is 0 Å². The van der Waals surface area contributed by atoms with Crippen LogP contribution >= 0.6 is 0 Å². The zero-order valence-electron chi connectivity index (χ0n) is 4.45. The first-order valence-corrected chi connectivity index (χ1v) is 1.95. The van der Waals surface area contributed by atoms with Crippen LogP contribution in [0, 0.1) is 5.53 Å². The van der Waals surface area contributed by atoms with Crippen LogP contribution in [0.15, 0.2) is 5.11 Å². The summed E-state index contributed by atoms with van der Waals surface area (Å²) in [5.74, 6) is 0. The maximum atomic E-state index is 6.48. The Morgan fingerprint density at radius 2 is 1.43 bits per heavy atom. The van der Waals surface area contributed by atoms with Crippen molar-refractivity contribution in [3.05, 3.63) is 0 Å². The van der Waals surface area contributed by atoms with Gasteiger partial charge < -0.3 is 0 Å². The second kappa shape index (κ2) is 3.58. The van der Waals surface area contributed by atoms with Crippen molar-refractivity contribution in [3.63, 3.8) is 0 Å². The molecule has 0 aliphatic carbocycles. The fraction of sp³-hybridized carbons (Fsp3) is 1.00. The third kappa shape index (κ3) is 10.8. The van der Waals surface area contributed by atoms with Gasteiger partial charge in [-0.25, -0.2) is 5.53 Å². The van der Waals surface area contributed by atoms with E-state index in [2.05, 4.69) is 5.11 Å². The molecule has 3 heteroatoms. The summed E-state index contributed by atoms with van der Waals surface area (Å²) in [5.41, 5.74) is 6.31. The monoisotopic (exact) mass is 110 g/mol. The summed E-state index contributed by atoms with van der Waals surface area (Å²) < 4.78 is 0. The van der Waals surface area contributed by atoms with E-state index in [4.69, 9.17) is 5.53 Å². The third-order valence-corrected chi connectivity index (χ3v) is 0.335. The minimum atomic E-state index is -0.167. The first kappa shape index (κ1) is 10.6. The molecule has 0 aromatic rings. The number of nitrogens with zero attached hydrogens (tertiary/aromatic N) is 1. The van der Waals surface area contributed by atoms with E-state index in [1.807, 2.05) is 20.8 Å². The average Bonchev–Trinajstić information content (AvgIpc) is 1.35. The van der Waals surface area contributed by atoms with Crippen LogP contribution < -0.4 is 0 Å². The van der Waals surface area contributed by atoms with Crippen molar-refractivity contribution >= 4 is 29.6 Å². The molecule has 0 heterocycles. The van der Waals surface area contributed by atoms with Crippen LogP contribution in [-0.4, -0.2) is 35.1 Å². The van der Waals surface area contributed by atoms with Gasteiger partial charge in [0.1, 0.15) is 0 Å². The molecule has 0 aromatic heterocycles. The van der Waals surface area contributed by atoms with E-state index >= 15 is 0 Å². The molecule has 0 rings (SSSR count). The fourth-order valence-electron chi connectivity index (χ4n) is 0. The molecule has 0 radical (unpaired) electrons. The van der Waals surface area contributed by atoms with Gasteiger partial charge in [0.25, 0.3) is 0 Å². The molecule has 0 fully saturated rings. The van der Waals surface area contributed by atoms with Crippen LogP contribution in [0.1, 0.15) is 20.8 Å². The molecular weight excluding hydrogens is 99.0 g/mol. The molecule has 0 aliphatic rings. The Labute approximate surface area is 66.5 Å². The van der Waals surface area contributed by atoms with Crippen molar-refractivity contribution in [2.24, 2.45) is 5.11 Å². The van der Waals surface area contributed by atoms with Gasteiger partial charge in [-0.2, -0.15) is 5.11 Å². The van der Waals surface area contributed by atoms with Gasteiger partial charge in [-0.05, 0) is 20.8 Å². The molecule has 0 amide bonds. The van der Waals surface area contributed by atoms with E-state index in [1.165, 1.54) is 0 Å². The predicted molar refractivity (Wildman–Crippen MR) is 32.0 cm³/mol. The van der Waals surface area contributed by atoms with Gasteiger partial charge in [0.2, 0.25) is 0 Å². The predicted octanol–water partition coefficient (Wildman–Crippen LogP) is 1.17. The van der Waals surface area contributed by atoms with E-state index in [0.717, 1.165) is 0 Å². The molecule has 0 saturated heterocycles. The summed E-state index contributed by atoms with van der Waals surface area (Å²) in [6.07, 6.45) is 0. The Hall–Kier alpha value is 0.600. The second-order valence-electron chi connectivity index (χ2n) is 2.28. The standard InChI is InChI=1S/C4H10N2.Na.H/c1-4(2,3)6-5;;/h5H,1-3H3;;. The van der Waals surface area contributed by atoms with Crippen LogP contribution in [0.25, 0.3) is 0 Å². The number of hydrogen-bond acceptors (Lipinski definition) is 2. The van der Waals surface area contributed by atoms with Crippen molar-refractivity contribution in [3.8, 4) is 0 Å². The van der Waals surface area contributed by atoms with Gasteiger partial charge >= 0.3 is 29.6 Å². The Kier molecular flexibility index (Phi) is 5.40. The first-order chi connectivity index (χ1) is 2.56. The molecule has 2 nitrogen and oxygen atoms in total. The van der Waals surface area contributed by atoms with E-state index in [0.29, 0.717) is 0 Å². The Morgan fingerprint density at radius 1 is 1.29 bits per heavy atom. The summed E-state index contributed by atoms with van der Waals surface area (Å²) >= 11 is 0. The molecule has 0 bridgehead atoms. The summed E-state index contributed by atoms with van der Waals surface area (Å²) in [4.78, 5) is 0. The van der Waals surface area contributed by atoms with Gasteiger partial charge in [0, 0.05) is 0 Å². The quantitative estimate of drug-likeness (QED) is 0.359. The van der Waals surface area contributed by atoms with Crippen molar-refractivity contribution in [2.45, 2.75) is 26.3 Å². The number of hydrogen-bond donors (Lipinski definition) is 1. The van der Waals surface area contributed by atoms with Crippen molar-refractivity contribution in [1.82, 2.24) is 0 Å². The Bertz CT molecular complexity index is 55.2. The number of nitrogens with one attached hydrogen (secondary N) is 1. The maximum absolute atomic E-state index is 6.48. The second-order valence-corrected chi connectivity index (χ2v) is 2.28. The molecule has 0 atom stereocenters. The normalized spacial score (nSPS) is 9.57. The molecule has 0 aromatic carbocycles. The molecule has 0 unspecified atom stereocenters. The van der Waals surface area contributed by atoms with E-state index in [1.54, 1.807) is 0 Å². The molecular formula is C4H11N2Na. The molecule has 7 heavy (non-hydrogen) atoms. The van der Waals surface area contributed by atoms with Gasteiger partial charge in [0.05, 0.1) is 5.54 Å². The van der Waals surface area contributed by atoms with Gasteiger partial charge in [-0.1, -0.05) is 0 Å². The van der Waals surface area contributed by atoms with Crippen LogP contribution in [-0.2, 0) is 0 Å². The first-order valence-electron chi connectivity index (χ1n) is 1.95. The molecule has 0 saturated carbocycles. The zero-order valence-corrected chi connectivity index (χ0v) is 4.45. The van der Waals surface area contributed by atoms with Crippen molar-refractivity contribution in [1.29, 1.82) is 5.53 Å². The molecule has 0 spiro atoms. The van der Waals surface area contributed by atoms with Crippen LogP contribution in [0.4, 0.5) is 0 Å². The molecule has 1 N–H and O–H groups in total. The van der Waals surface area contributed by atoms with Crippen molar-refractivity contribution < 1.29 is 0 Å². The van der Waals surface area contributed by atoms with Crippen LogP contribution in [0.3, 0.4) is 0 Å². The van der Waals surface area contributed by atoms with Gasteiger partial charge in [-0.3, -0.25) is 0 Å².